The van der Waals surface area contributed by atoms with Crippen LogP contribution in [0.1, 0.15) is 5.56 Å². The third kappa shape index (κ3) is 2.21. The van der Waals surface area contributed by atoms with Crippen molar-refractivity contribution in [1.29, 1.82) is 0 Å². The van der Waals surface area contributed by atoms with Gasteiger partial charge >= 0.3 is 0 Å². The number of hydrogen-bond donors (Lipinski definition) is 0. The molecule has 0 radical (unpaired) electrons. The molecular weight excluding hydrogens is 320 g/mol. The summed E-state index contributed by atoms with van der Waals surface area (Å²) < 4.78 is 0. The number of nitrogens with zero attached hydrogens (tertiary/aromatic N) is 2. The third-order valence-corrected chi connectivity index (χ3v) is 5.12. The van der Waals surface area contributed by atoms with Crippen LogP contribution in [0.4, 0.5) is 0 Å². The Bertz CT molecular complexity index is 1220. The van der Waals surface area contributed by atoms with Gasteiger partial charge in [-0.1, -0.05) is 60.7 Å². The van der Waals surface area contributed by atoms with Crippen molar-refractivity contribution in [3.05, 3.63) is 101 Å². The first-order chi connectivity index (χ1) is 12.8. The standard InChI is InChI=1S/C23H16N2O/c26-24-14-20-6-1-2-13-25(20)15-19-10-9-18-8-7-16-4-3-5-17-11-12-21(19)23(18)22(16)17/h1-14H,15H2/b20-14+. The van der Waals surface area contributed by atoms with Gasteiger partial charge in [0.1, 0.15) is 0 Å². The van der Waals surface area contributed by atoms with Crippen molar-refractivity contribution in [1.82, 2.24) is 4.90 Å². The van der Waals surface area contributed by atoms with Crippen LogP contribution in [0.25, 0.3) is 32.3 Å². The maximum Gasteiger partial charge on any atom is 0.0951 e. The van der Waals surface area contributed by atoms with Crippen LogP contribution >= 0.6 is 0 Å². The molecule has 3 heteroatoms. The van der Waals surface area contributed by atoms with Crippen LogP contribution in [0.2, 0.25) is 0 Å². The van der Waals surface area contributed by atoms with Crippen molar-refractivity contribution in [2.24, 2.45) is 5.18 Å². The van der Waals surface area contributed by atoms with Crippen molar-refractivity contribution in [3.8, 4) is 0 Å². The Hall–Kier alpha value is -3.46. The second-order valence-electron chi connectivity index (χ2n) is 6.57. The molecule has 26 heavy (non-hydrogen) atoms. The van der Waals surface area contributed by atoms with Gasteiger partial charge in [0.25, 0.3) is 0 Å². The lowest BCUT2D eigenvalue weighted by Gasteiger charge is -2.24. The number of benzene rings is 4. The first-order valence-corrected chi connectivity index (χ1v) is 8.65. The highest BCUT2D eigenvalue weighted by molar-refractivity contribution is 6.23. The molecule has 0 unspecified atom stereocenters. The van der Waals surface area contributed by atoms with E-state index in [4.69, 9.17) is 0 Å². The molecule has 5 rings (SSSR count). The predicted octanol–water partition coefficient (Wildman–Crippen LogP) is 6.08. The Morgan fingerprint density at radius 2 is 1.58 bits per heavy atom. The molecule has 0 saturated heterocycles. The van der Waals surface area contributed by atoms with Gasteiger partial charge in [-0.3, -0.25) is 0 Å². The monoisotopic (exact) mass is 336 g/mol. The van der Waals surface area contributed by atoms with Crippen molar-refractivity contribution in [2.45, 2.75) is 6.54 Å². The fraction of sp³-hybridized carbons (Fsp3) is 0.0435. The van der Waals surface area contributed by atoms with Crippen molar-refractivity contribution < 1.29 is 0 Å². The normalized spacial score (nSPS) is 15.7. The van der Waals surface area contributed by atoms with Gasteiger partial charge < -0.3 is 4.90 Å². The predicted molar refractivity (Wildman–Crippen MR) is 108 cm³/mol. The van der Waals surface area contributed by atoms with Crippen LogP contribution in [0.15, 0.2) is 96.1 Å². The molecule has 4 aromatic carbocycles. The van der Waals surface area contributed by atoms with Gasteiger partial charge in [-0.05, 0) is 55.2 Å². The van der Waals surface area contributed by atoms with E-state index in [0.717, 1.165) is 5.70 Å². The van der Waals surface area contributed by atoms with Gasteiger partial charge in [0.15, 0.2) is 0 Å². The summed E-state index contributed by atoms with van der Waals surface area (Å²) >= 11 is 0. The summed E-state index contributed by atoms with van der Waals surface area (Å²) in [5, 5.41) is 10.6. The van der Waals surface area contributed by atoms with Crippen molar-refractivity contribution in [3.63, 3.8) is 0 Å². The smallest absolute Gasteiger partial charge is 0.0951 e. The minimum atomic E-state index is 0.691. The van der Waals surface area contributed by atoms with E-state index in [9.17, 15) is 4.91 Å². The summed E-state index contributed by atoms with van der Waals surface area (Å²) in [6.07, 6.45) is 9.12. The Morgan fingerprint density at radius 1 is 0.846 bits per heavy atom. The second kappa shape index (κ2) is 5.81. The minimum Gasteiger partial charge on any atom is -0.342 e. The van der Waals surface area contributed by atoms with Gasteiger partial charge in [0, 0.05) is 12.7 Å². The molecule has 0 saturated carbocycles. The Morgan fingerprint density at radius 3 is 2.38 bits per heavy atom. The summed E-state index contributed by atoms with van der Waals surface area (Å²) in [6, 6.07) is 19.6. The molecule has 0 fully saturated rings. The molecule has 1 aliphatic rings. The first-order valence-electron chi connectivity index (χ1n) is 8.65. The third-order valence-electron chi connectivity index (χ3n) is 5.12. The van der Waals surface area contributed by atoms with Crippen LogP contribution in [0.5, 0.6) is 0 Å². The molecule has 0 aliphatic carbocycles. The fourth-order valence-corrected chi connectivity index (χ4v) is 3.92. The highest BCUT2D eigenvalue weighted by Gasteiger charge is 2.14. The van der Waals surface area contributed by atoms with E-state index in [-0.39, 0.29) is 0 Å². The van der Waals surface area contributed by atoms with Crippen LogP contribution in [0.3, 0.4) is 0 Å². The van der Waals surface area contributed by atoms with E-state index in [1.807, 2.05) is 29.3 Å². The van der Waals surface area contributed by atoms with Crippen molar-refractivity contribution >= 4 is 32.3 Å². The summed E-state index contributed by atoms with van der Waals surface area (Å²) in [5.74, 6) is 0. The summed E-state index contributed by atoms with van der Waals surface area (Å²) in [4.78, 5) is 12.8. The average Bonchev–Trinajstić information content (AvgIpc) is 2.69. The van der Waals surface area contributed by atoms with E-state index < -0.39 is 0 Å². The lowest BCUT2D eigenvalue weighted by molar-refractivity contribution is 0.470. The quantitative estimate of drug-likeness (QED) is 0.335. The maximum atomic E-state index is 10.7. The molecule has 1 aliphatic heterocycles. The molecular formula is C23H16N2O. The van der Waals surface area contributed by atoms with Gasteiger partial charge in [0.2, 0.25) is 0 Å². The first kappa shape index (κ1) is 14.8. The zero-order valence-corrected chi connectivity index (χ0v) is 14.1. The average molecular weight is 336 g/mol. The summed E-state index contributed by atoms with van der Waals surface area (Å²) in [5.41, 5.74) is 2.03. The second-order valence-corrected chi connectivity index (χ2v) is 6.57. The Balaban J connectivity index is 1.71. The Kier molecular flexibility index (Phi) is 3.32. The molecule has 0 spiro atoms. The highest BCUT2D eigenvalue weighted by atomic mass is 16.2. The number of allylic oxidation sites excluding steroid dienone is 3. The lowest BCUT2D eigenvalue weighted by atomic mass is 9.92. The highest BCUT2D eigenvalue weighted by Crippen LogP contribution is 2.36. The minimum absolute atomic E-state index is 0.691. The van der Waals surface area contributed by atoms with Crippen LogP contribution in [0, 0.1) is 4.91 Å². The lowest BCUT2D eigenvalue weighted by Crippen LogP contribution is -2.16. The van der Waals surface area contributed by atoms with Gasteiger partial charge in [-0.25, -0.2) is 0 Å². The molecule has 4 aromatic rings. The zero-order valence-electron chi connectivity index (χ0n) is 14.1. The topological polar surface area (TPSA) is 32.7 Å². The molecule has 0 atom stereocenters. The van der Waals surface area contributed by atoms with E-state index in [1.54, 1.807) is 0 Å². The largest absolute Gasteiger partial charge is 0.342 e. The summed E-state index contributed by atoms with van der Waals surface area (Å²) in [6.45, 7) is 0.691. The molecule has 124 valence electrons. The number of rotatable bonds is 3. The van der Waals surface area contributed by atoms with Crippen LogP contribution < -0.4 is 0 Å². The van der Waals surface area contributed by atoms with E-state index in [1.165, 1.54) is 44.1 Å². The molecule has 0 bridgehead atoms. The van der Waals surface area contributed by atoms with Crippen molar-refractivity contribution in [2.75, 3.05) is 0 Å². The van der Waals surface area contributed by atoms with Crippen LogP contribution in [-0.2, 0) is 6.54 Å². The van der Waals surface area contributed by atoms with Gasteiger partial charge in [0.05, 0.1) is 11.9 Å². The van der Waals surface area contributed by atoms with E-state index in [0.29, 0.717) is 6.54 Å². The molecule has 0 amide bonds. The molecule has 0 N–H and O–H groups in total. The molecule has 3 nitrogen and oxygen atoms in total. The number of hydrogen-bond acceptors (Lipinski definition) is 3. The number of nitroso groups, excluding NO2 is 1. The molecule has 0 aromatic heterocycles. The van der Waals surface area contributed by atoms with Crippen LogP contribution in [-0.4, -0.2) is 4.90 Å². The van der Waals surface area contributed by atoms with Gasteiger partial charge in [-0.2, -0.15) is 0 Å². The SMILES string of the molecule is O=N/C=C1\C=CC=CN1Cc1ccc2ccc3cccc4ccc1c2c34. The molecule has 1 heterocycles. The zero-order chi connectivity index (χ0) is 17.5. The maximum absolute atomic E-state index is 10.7. The van der Waals surface area contributed by atoms with E-state index in [2.05, 4.69) is 59.8 Å². The van der Waals surface area contributed by atoms with Gasteiger partial charge in [-0.15, -0.1) is 4.91 Å². The van der Waals surface area contributed by atoms with E-state index >= 15 is 0 Å². The Labute approximate surface area is 150 Å². The fourth-order valence-electron chi connectivity index (χ4n) is 3.92. The summed E-state index contributed by atoms with van der Waals surface area (Å²) in [7, 11) is 0.